The Morgan fingerprint density at radius 1 is 1.78 bits per heavy atom. The van der Waals surface area contributed by atoms with Gasteiger partial charge in [0.25, 0.3) is 0 Å². The van der Waals surface area contributed by atoms with E-state index in [1.807, 2.05) is 13.0 Å². The molecule has 0 saturated carbocycles. The molecule has 0 aromatic rings. The number of carboxylic acids is 1. The normalized spacial score (nSPS) is 24.1. The topological polar surface area (TPSA) is 37.3 Å². The smallest absolute Gasteiger partial charge is 0.332 e. The molecular weight excluding hydrogens is 116 g/mol. The second-order valence-corrected chi connectivity index (χ2v) is 2.10. The standard InChI is InChI=1S/C7H8O2/c1-5-3-2-4-6(5)7(8)9/h2-5H,1H3,(H,8,9). The van der Waals surface area contributed by atoms with E-state index in [0.29, 0.717) is 5.57 Å². The molecule has 1 aliphatic carbocycles. The minimum atomic E-state index is -0.812. The van der Waals surface area contributed by atoms with Crippen LogP contribution in [0, 0.1) is 5.92 Å². The molecule has 0 amide bonds. The molecule has 0 saturated heterocycles. The van der Waals surface area contributed by atoms with Crippen LogP contribution in [0.5, 0.6) is 0 Å². The maximum Gasteiger partial charge on any atom is 0.332 e. The summed E-state index contributed by atoms with van der Waals surface area (Å²) < 4.78 is 0. The zero-order valence-corrected chi connectivity index (χ0v) is 5.16. The van der Waals surface area contributed by atoms with Crippen LogP contribution in [0.1, 0.15) is 6.92 Å². The van der Waals surface area contributed by atoms with Crippen LogP contribution in [0.15, 0.2) is 23.8 Å². The molecule has 2 heteroatoms. The summed E-state index contributed by atoms with van der Waals surface area (Å²) in [5, 5.41) is 8.48. The maximum absolute atomic E-state index is 10.3. The summed E-state index contributed by atoms with van der Waals surface area (Å²) in [5.74, 6) is -0.727. The number of carbonyl (C=O) groups is 1. The van der Waals surface area contributed by atoms with Crippen LogP contribution in [-0.4, -0.2) is 11.1 Å². The molecule has 1 unspecified atom stereocenters. The first kappa shape index (κ1) is 6.08. The van der Waals surface area contributed by atoms with Gasteiger partial charge in [0.05, 0.1) is 0 Å². The van der Waals surface area contributed by atoms with Crippen molar-refractivity contribution >= 4 is 5.97 Å². The van der Waals surface area contributed by atoms with Crippen LogP contribution < -0.4 is 0 Å². The Hall–Kier alpha value is -1.05. The Kier molecular flexibility index (Phi) is 1.39. The van der Waals surface area contributed by atoms with E-state index < -0.39 is 5.97 Å². The van der Waals surface area contributed by atoms with E-state index in [1.165, 1.54) is 0 Å². The van der Waals surface area contributed by atoms with E-state index in [9.17, 15) is 4.79 Å². The molecule has 2 nitrogen and oxygen atoms in total. The van der Waals surface area contributed by atoms with E-state index in [0.717, 1.165) is 0 Å². The summed E-state index contributed by atoms with van der Waals surface area (Å²) in [7, 11) is 0. The molecule has 1 rings (SSSR count). The lowest BCUT2D eigenvalue weighted by Crippen LogP contribution is -2.04. The Morgan fingerprint density at radius 2 is 2.44 bits per heavy atom. The van der Waals surface area contributed by atoms with Crippen molar-refractivity contribution in [2.24, 2.45) is 5.92 Å². The van der Waals surface area contributed by atoms with Crippen LogP contribution in [0.2, 0.25) is 0 Å². The molecular formula is C7H8O2. The van der Waals surface area contributed by atoms with Crippen molar-refractivity contribution in [1.82, 2.24) is 0 Å². The molecule has 0 fully saturated rings. The lowest BCUT2D eigenvalue weighted by atomic mass is 10.1. The molecule has 0 aromatic carbocycles. The van der Waals surface area contributed by atoms with E-state index in [4.69, 9.17) is 5.11 Å². The second kappa shape index (κ2) is 2.05. The van der Waals surface area contributed by atoms with Crippen LogP contribution in [0.25, 0.3) is 0 Å². The number of hydrogen-bond acceptors (Lipinski definition) is 1. The zero-order chi connectivity index (χ0) is 6.85. The van der Waals surface area contributed by atoms with Crippen LogP contribution in [-0.2, 0) is 4.79 Å². The Balaban J connectivity index is 2.76. The van der Waals surface area contributed by atoms with Crippen molar-refractivity contribution in [1.29, 1.82) is 0 Å². The Morgan fingerprint density at radius 3 is 2.67 bits per heavy atom. The molecule has 0 heterocycles. The van der Waals surface area contributed by atoms with Crippen molar-refractivity contribution in [2.45, 2.75) is 6.92 Å². The SMILES string of the molecule is CC1C=CC=C1C(=O)O. The first-order valence-electron chi connectivity index (χ1n) is 2.83. The number of allylic oxidation sites excluding steroid dienone is 3. The number of carboxylic acid groups (broad SMARTS) is 1. The highest BCUT2D eigenvalue weighted by atomic mass is 16.4. The van der Waals surface area contributed by atoms with Crippen molar-refractivity contribution in [3.63, 3.8) is 0 Å². The van der Waals surface area contributed by atoms with Gasteiger partial charge in [0.15, 0.2) is 0 Å². The predicted octanol–water partition coefficient (Wildman–Crippen LogP) is 1.20. The van der Waals surface area contributed by atoms with Crippen molar-refractivity contribution in [2.75, 3.05) is 0 Å². The van der Waals surface area contributed by atoms with Gasteiger partial charge in [-0.2, -0.15) is 0 Å². The van der Waals surface area contributed by atoms with Crippen LogP contribution >= 0.6 is 0 Å². The average Bonchev–Trinajstić information content (AvgIpc) is 2.13. The minimum absolute atomic E-state index is 0.0856. The van der Waals surface area contributed by atoms with E-state index in [-0.39, 0.29) is 5.92 Å². The quantitative estimate of drug-likeness (QED) is 0.570. The van der Waals surface area contributed by atoms with E-state index in [2.05, 4.69) is 0 Å². The van der Waals surface area contributed by atoms with Crippen molar-refractivity contribution < 1.29 is 9.90 Å². The third-order valence-corrected chi connectivity index (χ3v) is 1.41. The highest BCUT2D eigenvalue weighted by Gasteiger charge is 2.15. The molecule has 48 valence electrons. The molecule has 1 atom stereocenters. The van der Waals surface area contributed by atoms with Gasteiger partial charge in [-0.05, 0) is 0 Å². The second-order valence-electron chi connectivity index (χ2n) is 2.10. The fourth-order valence-corrected chi connectivity index (χ4v) is 0.847. The highest BCUT2D eigenvalue weighted by molar-refractivity contribution is 5.88. The first-order valence-corrected chi connectivity index (χ1v) is 2.83. The third kappa shape index (κ3) is 1.02. The van der Waals surface area contributed by atoms with Gasteiger partial charge in [0.2, 0.25) is 0 Å². The molecule has 0 spiro atoms. The monoisotopic (exact) mass is 124 g/mol. The molecule has 0 aromatic heterocycles. The minimum Gasteiger partial charge on any atom is -0.478 e. The molecule has 0 bridgehead atoms. The zero-order valence-electron chi connectivity index (χ0n) is 5.16. The van der Waals surface area contributed by atoms with Gasteiger partial charge in [0, 0.05) is 11.5 Å². The summed E-state index contributed by atoms with van der Waals surface area (Å²) in [6.45, 7) is 1.86. The number of hydrogen-bond donors (Lipinski definition) is 1. The molecule has 9 heavy (non-hydrogen) atoms. The molecule has 0 radical (unpaired) electrons. The fraction of sp³-hybridized carbons (Fsp3) is 0.286. The van der Waals surface area contributed by atoms with Crippen LogP contribution in [0.3, 0.4) is 0 Å². The van der Waals surface area contributed by atoms with Gasteiger partial charge < -0.3 is 5.11 Å². The van der Waals surface area contributed by atoms with Gasteiger partial charge in [-0.25, -0.2) is 4.79 Å². The highest BCUT2D eigenvalue weighted by Crippen LogP contribution is 2.17. The third-order valence-electron chi connectivity index (χ3n) is 1.41. The first-order chi connectivity index (χ1) is 4.22. The summed E-state index contributed by atoms with van der Waals surface area (Å²) in [4.78, 5) is 10.3. The van der Waals surface area contributed by atoms with E-state index in [1.54, 1.807) is 12.2 Å². The number of aliphatic carboxylic acids is 1. The summed E-state index contributed by atoms with van der Waals surface area (Å²) in [6.07, 6.45) is 5.27. The maximum atomic E-state index is 10.3. The van der Waals surface area contributed by atoms with Gasteiger partial charge in [-0.3, -0.25) is 0 Å². The lowest BCUT2D eigenvalue weighted by Gasteiger charge is -1.99. The molecule has 1 N–H and O–H groups in total. The van der Waals surface area contributed by atoms with Crippen molar-refractivity contribution in [3.05, 3.63) is 23.8 Å². The summed E-state index contributed by atoms with van der Waals surface area (Å²) in [5.41, 5.74) is 0.481. The summed E-state index contributed by atoms with van der Waals surface area (Å²) >= 11 is 0. The van der Waals surface area contributed by atoms with Gasteiger partial charge in [-0.1, -0.05) is 25.2 Å². The largest absolute Gasteiger partial charge is 0.478 e. The Bertz CT molecular complexity index is 189. The lowest BCUT2D eigenvalue weighted by molar-refractivity contribution is -0.133. The Labute approximate surface area is 53.5 Å². The summed E-state index contributed by atoms with van der Waals surface area (Å²) in [6, 6.07) is 0. The average molecular weight is 124 g/mol. The predicted molar refractivity (Wildman–Crippen MR) is 34.0 cm³/mol. The molecule has 1 aliphatic rings. The fourth-order valence-electron chi connectivity index (χ4n) is 0.847. The van der Waals surface area contributed by atoms with Gasteiger partial charge in [0.1, 0.15) is 0 Å². The van der Waals surface area contributed by atoms with Gasteiger partial charge in [-0.15, -0.1) is 0 Å². The van der Waals surface area contributed by atoms with Crippen LogP contribution in [0.4, 0.5) is 0 Å². The molecule has 0 aliphatic heterocycles. The van der Waals surface area contributed by atoms with Crippen molar-refractivity contribution in [3.8, 4) is 0 Å². The number of rotatable bonds is 1. The van der Waals surface area contributed by atoms with E-state index >= 15 is 0 Å². The van der Waals surface area contributed by atoms with Gasteiger partial charge >= 0.3 is 5.97 Å².